The second-order valence-electron chi connectivity index (χ2n) is 4.18. The average Bonchev–Trinajstić information content (AvgIpc) is 2.26. The molecule has 0 aromatic carbocycles. The fourth-order valence-corrected chi connectivity index (χ4v) is 2.56. The number of rotatable bonds is 5. The van der Waals surface area contributed by atoms with Gasteiger partial charge in [-0.2, -0.15) is 8.42 Å². The van der Waals surface area contributed by atoms with Gasteiger partial charge in [-0.05, 0) is 18.8 Å². The van der Waals surface area contributed by atoms with E-state index in [1.54, 1.807) is 4.90 Å². The van der Waals surface area contributed by atoms with Crippen LogP contribution in [-0.4, -0.2) is 44.7 Å². The fourth-order valence-electron chi connectivity index (χ4n) is 1.93. The van der Waals surface area contributed by atoms with Crippen LogP contribution >= 0.6 is 11.6 Å². The van der Waals surface area contributed by atoms with Crippen LogP contribution in [0, 0.1) is 5.92 Å². The summed E-state index contributed by atoms with van der Waals surface area (Å²) >= 11 is 5.52. The lowest BCUT2D eigenvalue weighted by Gasteiger charge is -2.32. The number of alkyl halides is 1. The van der Waals surface area contributed by atoms with Crippen molar-refractivity contribution in [1.29, 1.82) is 0 Å². The highest BCUT2D eigenvalue weighted by atomic mass is 35.5. The summed E-state index contributed by atoms with van der Waals surface area (Å²) < 4.78 is 23.8. The number of hydrogen-bond acceptors (Lipinski definition) is 3. The summed E-state index contributed by atoms with van der Waals surface area (Å²) in [5.41, 5.74) is 0. The molecular weight excluding hydrogens is 266 g/mol. The SMILES string of the molecule is NS(=O)(=O)NCC1CCCN(C(=O)CCCl)C1. The summed E-state index contributed by atoms with van der Waals surface area (Å²) in [5, 5.41) is 4.86. The average molecular weight is 284 g/mol. The van der Waals surface area contributed by atoms with Crippen molar-refractivity contribution < 1.29 is 13.2 Å². The van der Waals surface area contributed by atoms with Crippen molar-refractivity contribution in [3.8, 4) is 0 Å². The van der Waals surface area contributed by atoms with Gasteiger partial charge in [0.1, 0.15) is 0 Å². The maximum Gasteiger partial charge on any atom is 0.274 e. The van der Waals surface area contributed by atoms with Crippen molar-refractivity contribution in [2.45, 2.75) is 19.3 Å². The number of nitrogens with zero attached hydrogens (tertiary/aromatic N) is 1. The Morgan fingerprint density at radius 1 is 1.53 bits per heavy atom. The van der Waals surface area contributed by atoms with Gasteiger partial charge < -0.3 is 4.90 Å². The van der Waals surface area contributed by atoms with Crippen LogP contribution in [0.2, 0.25) is 0 Å². The molecule has 6 nitrogen and oxygen atoms in total. The van der Waals surface area contributed by atoms with Crippen molar-refractivity contribution >= 4 is 27.7 Å². The van der Waals surface area contributed by atoms with Gasteiger partial charge in [0, 0.05) is 31.9 Å². The van der Waals surface area contributed by atoms with Crippen molar-refractivity contribution in [1.82, 2.24) is 9.62 Å². The monoisotopic (exact) mass is 283 g/mol. The first-order chi connectivity index (χ1) is 7.92. The second-order valence-corrected chi connectivity index (χ2v) is 5.94. The number of nitrogens with one attached hydrogen (secondary N) is 1. The molecular formula is C9H18ClN3O3S. The number of hydrogen-bond donors (Lipinski definition) is 2. The number of amides is 1. The molecule has 3 N–H and O–H groups in total. The van der Waals surface area contributed by atoms with Crippen LogP contribution in [0.15, 0.2) is 0 Å². The Hall–Kier alpha value is -0.370. The fraction of sp³-hybridized carbons (Fsp3) is 0.889. The van der Waals surface area contributed by atoms with E-state index in [9.17, 15) is 13.2 Å². The van der Waals surface area contributed by atoms with Crippen molar-refractivity contribution in [3.05, 3.63) is 0 Å². The summed E-state index contributed by atoms with van der Waals surface area (Å²) in [6.45, 7) is 1.57. The van der Waals surface area contributed by atoms with Crippen molar-refractivity contribution in [3.63, 3.8) is 0 Å². The molecule has 0 saturated carbocycles. The number of nitrogens with two attached hydrogens (primary N) is 1. The molecule has 0 aliphatic carbocycles. The quantitative estimate of drug-likeness (QED) is 0.675. The van der Waals surface area contributed by atoms with Crippen LogP contribution in [0.1, 0.15) is 19.3 Å². The van der Waals surface area contributed by atoms with Crippen LogP contribution in [0.3, 0.4) is 0 Å². The molecule has 1 heterocycles. The highest BCUT2D eigenvalue weighted by Gasteiger charge is 2.23. The topological polar surface area (TPSA) is 92.5 Å². The van der Waals surface area contributed by atoms with Gasteiger partial charge in [0.25, 0.3) is 10.2 Å². The first kappa shape index (κ1) is 14.7. The minimum absolute atomic E-state index is 0.0281. The van der Waals surface area contributed by atoms with Gasteiger partial charge in [-0.25, -0.2) is 9.86 Å². The van der Waals surface area contributed by atoms with Crippen LogP contribution in [0.4, 0.5) is 0 Å². The summed E-state index contributed by atoms with van der Waals surface area (Å²) in [7, 11) is -3.65. The second kappa shape index (κ2) is 6.53. The molecule has 0 spiro atoms. The maximum absolute atomic E-state index is 11.6. The standard InChI is InChI=1S/C9H18ClN3O3S/c10-4-3-9(14)13-5-1-2-8(7-13)6-12-17(11,15)16/h8,12H,1-7H2,(H2,11,15,16). The molecule has 1 saturated heterocycles. The minimum Gasteiger partial charge on any atom is -0.342 e. The van der Waals surface area contributed by atoms with E-state index in [2.05, 4.69) is 4.72 Å². The number of piperidine rings is 1. The zero-order valence-corrected chi connectivity index (χ0v) is 11.1. The van der Waals surface area contributed by atoms with Crippen molar-refractivity contribution in [2.75, 3.05) is 25.5 Å². The Balaban J connectivity index is 2.41. The zero-order chi connectivity index (χ0) is 12.9. The minimum atomic E-state index is -3.65. The van der Waals surface area contributed by atoms with E-state index in [1.807, 2.05) is 0 Å². The molecule has 0 radical (unpaired) electrons. The molecule has 1 aliphatic heterocycles. The predicted molar refractivity (Wildman–Crippen MR) is 65.8 cm³/mol. The molecule has 8 heteroatoms. The molecule has 100 valence electrons. The third kappa shape index (κ3) is 5.67. The number of carbonyl (C=O) groups excluding carboxylic acids is 1. The summed E-state index contributed by atoms with van der Waals surface area (Å²) in [6, 6.07) is 0. The largest absolute Gasteiger partial charge is 0.342 e. The highest BCUT2D eigenvalue weighted by Crippen LogP contribution is 2.16. The predicted octanol–water partition coefficient (Wildman–Crippen LogP) is -0.353. The highest BCUT2D eigenvalue weighted by molar-refractivity contribution is 7.87. The Morgan fingerprint density at radius 2 is 2.24 bits per heavy atom. The Morgan fingerprint density at radius 3 is 2.82 bits per heavy atom. The van der Waals surface area contributed by atoms with Gasteiger partial charge in [0.05, 0.1) is 0 Å². The van der Waals surface area contributed by atoms with E-state index < -0.39 is 10.2 Å². The summed E-state index contributed by atoms with van der Waals surface area (Å²) in [4.78, 5) is 13.4. The molecule has 1 fully saturated rings. The van der Waals surface area contributed by atoms with E-state index in [1.165, 1.54) is 0 Å². The molecule has 17 heavy (non-hydrogen) atoms. The van der Waals surface area contributed by atoms with E-state index in [0.29, 0.717) is 18.8 Å². The molecule has 0 aromatic heterocycles. The smallest absolute Gasteiger partial charge is 0.274 e. The first-order valence-electron chi connectivity index (χ1n) is 5.53. The maximum atomic E-state index is 11.6. The molecule has 1 aliphatic rings. The van der Waals surface area contributed by atoms with E-state index in [-0.39, 0.29) is 18.4 Å². The first-order valence-corrected chi connectivity index (χ1v) is 7.61. The Labute approximate surface area is 107 Å². The van der Waals surface area contributed by atoms with Gasteiger partial charge in [-0.3, -0.25) is 4.79 Å². The lowest BCUT2D eigenvalue weighted by Crippen LogP contribution is -2.44. The zero-order valence-electron chi connectivity index (χ0n) is 9.56. The van der Waals surface area contributed by atoms with Crippen LogP contribution in [0.25, 0.3) is 0 Å². The van der Waals surface area contributed by atoms with Gasteiger partial charge >= 0.3 is 0 Å². The molecule has 0 bridgehead atoms. The number of carbonyl (C=O) groups is 1. The molecule has 1 unspecified atom stereocenters. The summed E-state index contributed by atoms with van der Waals surface area (Å²) in [6.07, 6.45) is 2.11. The van der Waals surface area contributed by atoms with Crippen LogP contribution in [0.5, 0.6) is 0 Å². The molecule has 1 rings (SSSR count). The van der Waals surface area contributed by atoms with E-state index >= 15 is 0 Å². The van der Waals surface area contributed by atoms with Gasteiger partial charge in [0.2, 0.25) is 5.91 Å². The normalized spacial score (nSPS) is 21.5. The van der Waals surface area contributed by atoms with E-state index in [0.717, 1.165) is 19.4 Å². The van der Waals surface area contributed by atoms with E-state index in [4.69, 9.17) is 16.7 Å². The molecule has 0 aromatic rings. The summed E-state index contributed by atoms with van der Waals surface area (Å²) in [5.74, 6) is 0.469. The van der Waals surface area contributed by atoms with Crippen molar-refractivity contribution in [2.24, 2.45) is 11.1 Å². The Kier molecular flexibility index (Phi) is 5.64. The lowest BCUT2D eigenvalue weighted by atomic mass is 9.98. The Bertz CT molecular complexity index is 360. The number of likely N-dealkylation sites (tertiary alicyclic amines) is 1. The third-order valence-electron chi connectivity index (χ3n) is 2.75. The molecule has 1 amide bonds. The van der Waals surface area contributed by atoms with Crippen LogP contribution in [-0.2, 0) is 15.0 Å². The third-order valence-corrected chi connectivity index (χ3v) is 3.51. The van der Waals surface area contributed by atoms with Crippen LogP contribution < -0.4 is 9.86 Å². The lowest BCUT2D eigenvalue weighted by molar-refractivity contribution is -0.132. The van der Waals surface area contributed by atoms with Gasteiger partial charge in [-0.15, -0.1) is 11.6 Å². The number of halogens is 1. The van der Waals surface area contributed by atoms with Gasteiger partial charge in [0.15, 0.2) is 0 Å². The molecule has 1 atom stereocenters. The van der Waals surface area contributed by atoms with Gasteiger partial charge in [-0.1, -0.05) is 0 Å².